The van der Waals surface area contributed by atoms with E-state index in [0.29, 0.717) is 24.4 Å². The van der Waals surface area contributed by atoms with Crippen molar-refractivity contribution in [2.24, 2.45) is 5.73 Å². The third kappa shape index (κ3) is 9.72. The Labute approximate surface area is 256 Å². The van der Waals surface area contributed by atoms with E-state index in [2.05, 4.69) is 4.84 Å². The lowest BCUT2D eigenvalue weighted by Gasteiger charge is -2.38. The molecule has 240 valence electrons. The molecule has 0 aliphatic carbocycles. The molecule has 3 rings (SSSR count). The zero-order chi connectivity index (χ0) is 32.8. The number of amides is 2. The Bertz CT molecular complexity index is 1200. The number of esters is 1. The van der Waals surface area contributed by atoms with Crippen LogP contribution in [0.25, 0.3) is 0 Å². The van der Waals surface area contributed by atoms with E-state index >= 15 is 0 Å². The Balaban J connectivity index is 0.000000413. The van der Waals surface area contributed by atoms with Gasteiger partial charge < -0.3 is 30.3 Å². The van der Waals surface area contributed by atoms with E-state index in [0.717, 1.165) is 21.9 Å². The topological polar surface area (TPSA) is 189 Å². The van der Waals surface area contributed by atoms with Crippen LogP contribution in [0.15, 0.2) is 24.3 Å². The van der Waals surface area contributed by atoms with Crippen molar-refractivity contribution >= 4 is 41.7 Å². The Kier molecular flexibility index (Phi) is 11.8. The van der Waals surface area contributed by atoms with Gasteiger partial charge in [-0.05, 0) is 98.2 Å². The van der Waals surface area contributed by atoms with Crippen LogP contribution < -0.4 is 5.73 Å². The summed E-state index contributed by atoms with van der Waals surface area (Å²) in [4.78, 5) is 65.1. The van der Waals surface area contributed by atoms with E-state index in [-0.39, 0.29) is 19.3 Å². The fraction of sp³-hybridized carbons (Fsp3) is 0.621. The van der Waals surface area contributed by atoms with Gasteiger partial charge in [-0.25, -0.2) is 24.0 Å². The van der Waals surface area contributed by atoms with Gasteiger partial charge in [0.2, 0.25) is 5.54 Å². The first-order valence-corrected chi connectivity index (χ1v) is 14.4. The summed E-state index contributed by atoms with van der Waals surface area (Å²) in [7, 11) is 0. The van der Waals surface area contributed by atoms with Crippen LogP contribution in [-0.2, 0) is 35.1 Å². The number of unbranched alkanes of at least 4 members (excludes halogenated alkanes) is 1. The van der Waals surface area contributed by atoms with Gasteiger partial charge in [0.1, 0.15) is 11.2 Å². The number of nitrogens with two attached hydrogens (primary N) is 1. The SMILES string of the molecule is CC(C)(C)OC(=O)N1C(Cc2ccccc2Cl)CC[C@]1(C(=O)O)C(=O)OC(C)(C)C.NCCCC[C@@H](C(=O)O)N1OC1=O. The second kappa shape index (κ2) is 14.3. The van der Waals surface area contributed by atoms with Crippen LogP contribution in [0.2, 0.25) is 5.02 Å². The molecular weight excluding hydrogens is 586 g/mol. The first kappa shape index (κ1) is 35.6. The summed E-state index contributed by atoms with van der Waals surface area (Å²) < 4.78 is 10.9. The number of likely N-dealkylation sites (tertiary alicyclic amines) is 1. The van der Waals surface area contributed by atoms with Crippen molar-refractivity contribution in [1.82, 2.24) is 9.96 Å². The molecule has 2 aliphatic heterocycles. The molecule has 0 saturated carbocycles. The summed E-state index contributed by atoms with van der Waals surface area (Å²) in [5.41, 5.74) is 2.05. The van der Waals surface area contributed by atoms with Gasteiger partial charge in [0.15, 0.2) is 6.04 Å². The zero-order valence-electron chi connectivity index (χ0n) is 25.4. The maximum Gasteiger partial charge on any atom is 0.468 e. The van der Waals surface area contributed by atoms with E-state index in [1.54, 1.807) is 53.7 Å². The minimum atomic E-state index is -2.17. The fourth-order valence-electron chi connectivity index (χ4n) is 4.60. The lowest BCUT2D eigenvalue weighted by Crippen LogP contribution is -2.62. The molecular formula is C29H42ClN3O10. The summed E-state index contributed by atoms with van der Waals surface area (Å²) in [5, 5.41) is 20.2. The van der Waals surface area contributed by atoms with Crippen LogP contribution in [-0.4, -0.2) is 85.6 Å². The summed E-state index contributed by atoms with van der Waals surface area (Å²) in [6.45, 7) is 10.5. The van der Waals surface area contributed by atoms with Gasteiger partial charge in [-0.1, -0.05) is 29.8 Å². The first-order valence-electron chi connectivity index (χ1n) is 14.0. The van der Waals surface area contributed by atoms with Gasteiger partial charge in [0, 0.05) is 11.1 Å². The van der Waals surface area contributed by atoms with E-state index in [1.807, 2.05) is 12.1 Å². The van der Waals surface area contributed by atoms with E-state index in [4.69, 9.17) is 31.9 Å². The van der Waals surface area contributed by atoms with Crippen LogP contribution in [0.3, 0.4) is 0 Å². The number of carbonyl (C=O) groups excluding carboxylic acids is 3. The van der Waals surface area contributed by atoms with Crippen molar-refractivity contribution < 1.29 is 48.5 Å². The van der Waals surface area contributed by atoms with Gasteiger partial charge in [-0.15, -0.1) is 5.06 Å². The van der Waals surface area contributed by atoms with Crippen molar-refractivity contribution in [3.8, 4) is 0 Å². The average Bonchev–Trinajstić information content (AvgIpc) is 3.44. The van der Waals surface area contributed by atoms with E-state index < -0.39 is 58.9 Å². The summed E-state index contributed by atoms with van der Waals surface area (Å²) in [6, 6.07) is 5.69. The highest BCUT2D eigenvalue weighted by Gasteiger charge is 2.62. The van der Waals surface area contributed by atoms with E-state index in [9.17, 15) is 29.1 Å². The van der Waals surface area contributed by atoms with Crippen LogP contribution in [0.4, 0.5) is 9.59 Å². The number of aliphatic carboxylic acids is 2. The number of carbonyl (C=O) groups is 5. The monoisotopic (exact) mass is 627 g/mol. The molecule has 2 aliphatic rings. The smallest absolute Gasteiger partial charge is 0.468 e. The fourth-order valence-corrected chi connectivity index (χ4v) is 4.81. The van der Waals surface area contributed by atoms with Gasteiger partial charge >= 0.3 is 30.1 Å². The third-order valence-electron chi connectivity index (χ3n) is 6.53. The molecule has 2 saturated heterocycles. The van der Waals surface area contributed by atoms with Crippen molar-refractivity contribution in [1.29, 1.82) is 0 Å². The number of hydrogen-bond acceptors (Lipinski definition) is 9. The number of benzene rings is 1. The number of carboxylic acid groups (broad SMARTS) is 2. The van der Waals surface area contributed by atoms with E-state index in [1.165, 1.54) is 0 Å². The van der Waals surface area contributed by atoms with Gasteiger partial charge in [-0.3, -0.25) is 4.90 Å². The largest absolute Gasteiger partial charge is 0.480 e. The number of halogens is 1. The minimum absolute atomic E-state index is 0.0778. The summed E-state index contributed by atoms with van der Waals surface area (Å²) in [5.74, 6) is -3.46. The third-order valence-corrected chi connectivity index (χ3v) is 6.90. The van der Waals surface area contributed by atoms with Crippen molar-refractivity contribution in [3.63, 3.8) is 0 Å². The van der Waals surface area contributed by atoms with Gasteiger partial charge in [0.25, 0.3) is 0 Å². The Morgan fingerprint density at radius 1 is 1.07 bits per heavy atom. The minimum Gasteiger partial charge on any atom is -0.480 e. The van der Waals surface area contributed by atoms with Crippen LogP contribution in [0.5, 0.6) is 0 Å². The maximum atomic E-state index is 13.1. The second-order valence-corrected chi connectivity index (χ2v) is 12.7. The molecule has 43 heavy (non-hydrogen) atoms. The molecule has 0 radical (unpaired) electrons. The maximum absolute atomic E-state index is 13.1. The number of hydroxylamine groups is 2. The molecule has 0 aromatic heterocycles. The highest BCUT2D eigenvalue weighted by atomic mass is 35.5. The van der Waals surface area contributed by atoms with Crippen molar-refractivity contribution in [2.75, 3.05) is 6.54 Å². The molecule has 2 heterocycles. The average molecular weight is 628 g/mol. The molecule has 3 atom stereocenters. The number of ether oxygens (including phenoxy) is 2. The summed E-state index contributed by atoms with van der Waals surface area (Å²) in [6.07, 6.45) is 0.883. The lowest BCUT2D eigenvalue weighted by atomic mass is 9.96. The molecule has 2 fully saturated rings. The molecule has 2 amide bonds. The highest BCUT2D eigenvalue weighted by Crippen LogP contribution is 2.40. The summed E-state index contributed by atoms with van der Waals surface area (Å²) >= 11 is 6.28. The quantitative estimate of drug-likeness (QED) is 0.144. The Morgan fingerprint density at radius 3 is 2.12 bits per heavy atom. The highest BCUT2D eigenvalue weighted by molar-refractivity contribution is 6.31. The van der Waals surface area contributed by atoms with Crippen molar-refractivity contribution in [2.45, 2.75) is 109 Å². The number of nitrogens with zero attached hydrogens (tertiary/aromatic N) is 2. The predicted molar refractivity (Wildman–Crippen MR) is 155 cm³/mol. The second-order valence-electron chi connectivity index (χ2n) is 12.3. The molecule has 13 nitrogen and oxygen atoms in total. The molecule has 14 heteroatoms. The van der Waals surface area contributed by atoms with Crippen LogP contribution in [0, 0.1) is 0 Å². The molecule has 0 bridgehead atoms. The standard InChI is InChI=1S/C22H30ClNO6.C7H12N2O4/c1-20(2,3)29-18(27)22(17(25)26)12-11-15(13-14-9-7-8-10-16(14)23)24(22)19(28)30-21(4,5)6;8-4-2-1-3-5(6(10)11)9-7(12)13-9/h7-10,15H,11-13H2,1-6H3,(H,25,26);5H,1-4,8H2,(H,10,11)/t15?,22-;5-,9?/m00/s1. The number of hydrogen-bond donors (Lipinski definition) is 3. The number of rotatable bonds is 10. The Hall–Kier alpha value is -3.58. The molecule has 1 aromatic carbocycles. The molecule has 1 unspecified atom stereocenters. The molecule has 1 aromatic rings. The normalized spacial score (nSPS) is 20.4. The predicted octanol–water partition coefficient (Wildman–Crippen LogP) is 4.38. The lowest BCUT2D eigenvalue weighted by molar-refractivity contribution is -0.177. The molecule has 0 spiro atoms. The van der Waals surface area contributed by atoms with Crippen LogP contribution >= 0.6 is 11.6 Å². The van der Waals surface area contributed by atoms with Gasteiger partial charge in [0.05, 0.1) is 0 Å². The number of carboxylic acids is 2. The van der Waals surface area contributed by atoms with Crippen LogP contribution in [0.1, 0.15) is 79.2 Å². The van der Waals surface area contributed by atoms with Gasteiger partial charge in [-0.2, -0.15) is 0 Å². The zero-order valence-corrected chi connectivity index (χ0v) is 26.2. The molecule has 4 N–H and O–H groups in total. The van der Waals surface area contributed by atoms with Crippen molar-refractivity contribution in [3.05, 3.63) is 34.9 Å². The first-order chi connectivity index (χ1) is 19.8. The Morgan fingerprint density at radius 2 is 1.65 bits per heavy atom.